The van der Waals surface area contributed by atoms with Gasteiger partial charge in [-0.05, 0) is 29.8 Å². The van der Waals surface area contributed by atoms with E-state index in [1.165, 1.54) is 24.3 Å². The van der Waals surface area contributed by atoms with Crippen molar-refractivity contribution in [3.05, 3.63) is 77.5 Å². The molecule has 156 valence electrons. The summed E-state index contributed by atoms with van der Waals surface area (Å²) in [7, 11) is 0. The quantitative estimate of drug-likeness (QED) is 0.627. The zero-order chi connectivity index (χ0) is 21.3. The standard InChI is InChI=1S/C20H17F4N5O/c21-13-6-4-12(5-7-13)16-9-17(20(22,23)24)29-18(28-16)15(11-27-29)19(30)26-10-14-3-1-2-8-25-14/h1-8,11,16-17,28H,9-10H2,(H,26,30)/t16-,17+/m1/s1. The van der Waals surface area contributed by atoms with Gasteiger partial charge in [-0.1, -0.05) is 18.2 Å². The Morgan fingerprint density at radius 3 is 2.63 bits per heavy atom. The Bertz CT molecular complexity index is 1030. The highest BCUT2D eigenvalue weighted by Gasteiger charge is 2.47. The van der Waals surface area contributed by atoms with Crippen LogP contribution in [0.5, 0.6) is 0 Å². The third kappa shape index (κ3) is 3.98. The number of nitrogens with zero attached hydrogens (tertiary/aromatic N) is 3. The van der Waals surface area contributed by atoms with E-state index < -0.39 is 30.0 Å². The third-order valence-electron chi connectivity index (χ3n) is 4.91. The van der Waals surface area contributed by atoms with Gasteiger partial charge in [-0.25, -0.2) is 9.07 Å². The normalized spacial score (nSPS) is 18.4. The lowest BCUT2D eigenvalue weighted by Gasteiger charge is -2.34. The number of halogens is 4. The van der Waals surface area contributed by atoms with Gasteiger partial charge in [0.15, 0.2) is 6.04 Å². The fraction of sp³-hybridized carbons (Fsp3) is 0.250. The van der Waals surface area contributed by atoms with Crippen LogP contribution in [-0.4, -0.2) is 26.8 Å². The maximum absolute atomic E-state index is 13.7. The lowest BCUT2D eigenvalue weighted by Crippen LogP contribution is -2.36. The van der Waals surface area contributed by atoms with Gasteiger partial charge in [0.25, 0.3) is 5.91 Å². The van der Waals surface area contributed by atoms with Crippen LogP contribution in [0.3, 0.4) is 0 Å². The Kier molecular flexibility index (Phi) is 5.15. The predicted octanol–water partition coefficient (Wildman–Crippen LogP) is 4.01. The Morgan fingerprint density at radius 2 is 1.97 bits per heavy atom. The summed E-state index contributed by atoms with van der Waals surface area (Å²) in [6.45, 7) is 0.119. The SMILES string of the molecule is O=C(NCc1ccccn1)c1cnn2c1N[C@@H](c1ccc(F)cc1)C[C@H]2C(F)(F)F. The van der Waals surface area contributed by atoms with Crippen molar-refractivity contribution in [3.63, 3.8) is 0 Å². The van der Waals surface area contributed by atoms with Gasteiger partial charge in [0.05, 0.1) is 24.5 Å². The van der Waals surface area contributed by atoms with Crippen molar-refractivity contribution in [2.24, 2.45) is 0 Å². The maximum Gasteiger partial charge on any atom is 0.410 e. The Labute approximate surface area is 168 Å². The second kappa shape index (κ2) is 7.77. The molecule has 3 heterocycles. The smallest absolute Gasteiger partial charge is 0.363 e. The number of nitrogens with one attached hydrogen (secondary N) is 2. The average Bonchev–Trinajstić information content (AvgIpc) is 3.16. The van der Waals surface area contributed by atoms with Crippen LogP contribution in [0, 0.1) is 5.82 Å². The summed E-state index contributed by atoms with van der Waals surface area (Å²) in [5.74, 6) is -1.09. The van der Waals surface area contributed by atoms with E-state index in [0.29, 0.717) is 11.3 Å². The molecule has 2 N–H and O–H groups in total. The molecule has 30 heavy (non-hydrogen) atoms. The van der Waals surface area contributed by atoms with E-state index in [4.69, 9.17) is 0 Å². The molecule has 0 spiro atoms. The fourth-order valence-electron chi connectivity index (χ4n) is 3.41. The molecule has 1 amide bonds. The average molecular weight is 419 g/mol. The highest BCUT2D eigenvalue weighted by Crippen LogP contribution is 2.44. The van der Waals surface area contributed by atoms with Crippen LogP contribution < -0.4 is 10.6 Å². The molecule has 0 aliphatic carbocycles. The zero-order valence-electron chi connectivity index (χ0n) is 15.5. The molecule has 3 aromatic rings. The van der Waals surface area contributed by atoms with Gasteiger partial charge in [-0.2, -0.15) is 18.3 Å². The number of pyridine rings is 1. The summed E-state index contributed by atoms with van der Waals surface area (Å²) in [4.78, 5) is 16.7. The summed E-state index contributed by atoms with van der Waals surface area (Å²) < 4.78 is 55.1. The maximum atomic E-state index is 13.7. The van der Waals surface area contributed by atoms with Crippen molar-refractivity contribution >= 4 is 11.7 Å². The molecule has 0 saturated carbocycles. The van der Waals surface area contributed by atoms with Crippen LogP contribution in [0.4, 0.5) is 23.4 Å². The monoisotopic (exact) mass is 419 g/mol. The van der Waals surface area contributed by atoms with E-state index in [2.05, 4.69) is 20.7 Å². The van der Waals surface area contributed by atoms with Crippen molar-refractivity contribution in [1.29, 1.82) is 0 Å². The molecule has 1 aliphatic rings. The molecule has 2 aromatic heterocycles. The molecule has 4 rings (SSSR count). The predicted molar refractivity (Wildman–Crippen MR) is 100 cm³/mol. The summed E-state index contributed by atoms with van der Waals surface area (Å²) in [5.41, 5.74) is 1.09. The molecule has 1 aromatic carbocycles. The summed E-state index contributed by atoms with van der Waals surface area (Å²) in [6.07, 6.45) is -2.21. The first-order valence-corrected chi connectivity index (χ1v) is 9.17. The number of amides is 1. The van der Waals surface area contributed by atoms with Crippen LogP contribution in [0.15, 0.2) is 54.9 Å². The molecule has 2 atom stereocenters. The molecule has 0 radical (unpaired) electrons. The first kappa shape index (κ1) is 19.9. The van der Waals surface area contributed by atoms with Gasteiger partial charge in [0.1, 0.15) is 17.2 Å². The molecular formula is C20H17F4N5O. The lowest BCUT2D eigenvalue weighted by molar-refractivity contribution is -0.173. The minimum Gasteiger partial charge on any atom is -0.363 e. The van der Waals surface area contributed by atoms with Gasteiger partial charge >= 0.3 is 6.18 Å². The lowest BCUT2D eigenvalue weighted by atomic mass is 9.96. The largest absolute Gasteiger partial charge is 0.410 e. The number of rotatable bonds is 4. The number of aromatic nitrogens is 3. The van der Waals surface area contributed by atoms with E-state index >= 15 is 0 Å². The molecular weight excluding hydrogens is 402 g/mol. The Balaban J connectivity index is 1.62. The minimum atomic E-state index is -4.57. The van der Waals surface area contributed by atoms with Crippen LogP contribution in [-0.2, 0) is 6.54 Å². The van der Waals surface area contributed by atoms with Crippen LogP contribution >= 0.6 is 0 Å². The molecule has 0 bridgehead atoms. The number of carbonyl (C=O) groups excluding carboxylic acids is 1. The van der Waals surface area contributed by atoms with Gasteiger partial charge in [0.2, 0.25) is 0 Å². The number of alkyl halides is 3. The van der Waals surface area contributed by atoms with Crippen molar-refractivity contribution < 1.29 is 22.4 Å². The number of benzene rings is 1. The second-order valence-electron chi connectivity index (χ2n) is 6.90. The molecule has 1 aliphatic heterocycles. The third-order valence-corrected chi connectivity index (χ3v) is 4.91. The van der Waals surface area contributed by atoms with E-state index in [-0.39, 0.29) is 24.3 Å². The topological polar surface area (TPSA) is 71.8 Å². The second-order valence-corrected chi connectivity index (χ2v) is 6.90. The number of hydrogen-bond acceptors (Lipinski definition) is 4. The van der Waals surface area contributed by atoms with Crippen LogP contribution in [0.1, 0.15) is 40.1 Å². The van der Waals surface area contributed by atoms with Crippen LogP contribution in [0.25, 0.3) is 0 Å². The van der Waals surface area contributed by atoms with Gasteiger partial charge in [-0.3, -0.25) is 9.78 Å². The van der Waals surface area contributed by atoms with Crippen molar-refractivity contribution in [3.8, 4) is 0 Å². The van der Waals surface area contributed by atoms with Crippen molar-refractivity contribution in [2.75, 3.05) is 5.32 Å². The summed E-state index contributed by atoms with van der Waals surface area (Å²) >= 11 is 0. The first-order valence-electron chi connectivity index (χ1n) is 9.17. The summed E-state index contributed by atoms with van der Waals surface area (Å²) in [5, 5.41) is 9.43. The number of fused-ring (bicyclic) bond motifs is 1. The van der Waals surface area contributed by atoms with Crippen LogP contribution in [0.2, 0.25) is 0 Å². The molecule has 0 saturated heterocycles. The van der Waals surface area contributed by atoms with E-state index in [9.17, 15) is 22.4 Å². The van der Waals surface area contributed by atoms with Gasteiger partial charge in [-0.15, -0.1) is 0 Å². The number of anilines is 1. The molecule has 6 nitrogen and oxygen atoms in total. The Morgan fingerprint density at radius 1 is 1.20 bits per heavy atom. The molecule has 0 fully saturated rings. The first-order chi connectivity index (χ1) is 14.3. The highest BCUT2D eigenvalue weighted by atomic mass is 19.4. The van der Waals surface area contributed by atoms with E-state index in [1.54, 1.807) is 24.4 Å². The van der Waals surface area contributed by atoms with E-state index in [0.717, 1.165) is 10.9 Å². The van der Waals surface area contributed by atoms with Gasteiger partial charge < -0.3 is 10.6 Å². The van der Waals surface area contributed by atoms with Crippen molar-refractivity contribution in [2.45, 2.75) is 31.2 Å². The number of carbonyl (C=O) groups is 1. The molecule has 0 unspecified atom stereocenters. The number of hydrogen-bond donors (Lipinski definition) is 2. The van der Waals surface area contributed by atoms with Gasteiger partial charge in [0, 0.05) is 12.6 Å². The zero-order valence-corrected chi connectivity index (χ0v) is 15.5. The highest BCUT2D eigenvalue weighted by molar-refractivity contribution is 5.98. The Hall–Kier alpha value is -3.43. The summed E-state index contributed by atoms with van der Waals surface area (Å²) in [6, 6.07) is 7.76. The fourth-order valence-corrected chi connectivity index (χ4v) is 3.41. The minimum absolute atomic E-state index is 0.00741. The molecule has 10 heteroatoms. The van der Waals surface area contributed by atoms with E-state index in [1.807, 2.05) is 0 Å². The van der Waals surface area contributed by atoms with Crippen molar-refractivity contribution in [1.82, 2.24) is 20.1 Å².